The average Bonchev–Trinajstić information content (AvgIpc) is 2.75. The van der Waals surface area contributed by atoms with Gasteiger partial charge in [0, 0.05) is 10.4 Å². The molecule has 17 heavy (non-hydrogen) atoms. The predicted octanol–water partition coefficient (Wildman–Crippen LogP) is 4.96. The Labute approximate surface area is 121 Å². The minimum atomic E-state index is 0.797. The SMILES string of the molecule is COc1cc(-c2ccc(Br)s2)c(OC)cc1Br. The van der Waals surface area contributed by atoms with Gasteiger partial charge in [0.1, 0.15) is 11.5 Å². The minimum absolute atomic E-state index is 0.797. The van der Waals surface area contributed by atoms with Gasteiger partial charge in [-0.25, -0.2) is 0 Å². The monoisotopic (exact) mass is 376 g/mol. The summed E-state index contributed by atoms with van der Waals surface area (Å²) >= 11 is 8.57. The fourth-order valence-corrected chi connectivity index (χ4v) is 3.40. The van der Waals surface area contributed by atoms with Crippen molar-refractivity contribution in [1.29, 1.82) is 0 Å². The second-order valence-corrected chi connectivity index (χ2v) is 6.61. The maximum Gasteiger partial charge on any atom is 0.133 e. The average molecular weight is 378 g/mol. The van der Waals surface area contributed by atoms with Crippen LogP contribution in [0.4, 0.5) is 0 Å². The summed E-state index contributed by atoms with van der Waals surface area (Å²) in [6, 6.07) is 7.97. The molecular weight excluding hydrogens is 368 g/mol. The molecule has 0 unspecified atom stereocenters. The summed E-state index contributed by atoms with van der Waals surface area (Å²) in [5.41, 5.74) is 1.03. The maximum absolute atomic E-state index is 5.40. The first-order valence-corrected chi connectivity index (χ1v) is 7.23. The smallest absolute Gasteiger partial charge is 0.133 e. The molecule has 0 radical (unpaired) electrons. The summed E-state index contributed by atoms with van der Waals surface area (Å²) in [6.07, 6.45) is 0. The van der Waals surface area contributed by atoms with Crippen molar-refractivity contribution >= 4 is 43.2 Å². The van der Waals surface area contributed by atoms with E-state index in [1.165, 1.54) is 0 Å². The fraction of sp³-hybridized carbons (Fsp3) is 0.167. The van der Waals surface area contributed by atoms with Crippen LogP contribution in [0.5, 0.6) is 11.5 Å². The molecule has 0 fully saturated rings. The van der Waals surface area contributed by atoms with Gasteiger partial charge < -0.3 is 9.47 Å². The lowest BCUT2D eigenvalue weighted by molar-refractivity contribution is 0.402. The number of methoxy groups -OCH3 is 2. The van der Waals surface area contributed by atoms with Crippen molar-refractivity contribution in [2.75, 3.05) is 14.2 Å². The van der Waals surface area contributed by atoms with Gasteiger partial charge >= 0.3 is 0 Å². The van der Waals surface area contributed by atoms with Crippen LogP contribution in [-0.4, -0.2) is 14.2 Å². The highest BCUT2D eigenvalue weighted by Crippen LogP contribution is 2.41. The van der Waals surface area contributed by atoms with Crippen molar-refractivity contribution in [3.63, 3.8) is 0 Å². The number of benzene rings is 1. The topological polar surface area (TPSA) is 18.5 Å². The van der Waals surface area contributed by atoms with E-state index in [9.17, 15) is 0 Å². The zero-order chi connectivity index (χ0) is 12.4. The first-order chi connectivity index (χ1) is 8.15. The van der Waals surface area contributed by atoms with Crippen LogP contribution < -0.4 is 9.47 Å². The summed E-state index contributed by atoms with van der Waals surface area (Å²) in [4.78, 5) is 1.14. The Bertz CT molecular complexity index is 537. The van der Waals surface area contributed by atoms with Crippen LogP contribution in [0.1, 0.15) is 0 Å². The predicted molar refractivity (Wildman–Crippen MR) is 78.3 cm³/mol. The molecule has 1 heterocycles. The Balaban J connectivity index is 2.58. The molecule has 1 aromatic carbocycles. The quantitative estimate of drug-likeness (QED) is 0.752. The fourth-order valence-electron chi connectivity index (χ4n) is 1.51. The molecule has 0 amide bonds. The normalized spacial score (nSPS) is 10.4. The van der Waals surface area contributed by atoms with Crippen LogP contribution >= 0.6 is 43.2 Å². The molecule has 0 aliphatic carbocycles. The molecule has 2 nitrogen and oxygen atoms in total. The summed E-state index contributed by atoms with van der Waals surface area (Å²) in [7, 11) is 3.32. The number of thiophene rings is 1. The first-order valence-electron chi connectivity index (χ1n) is 4.83. The Morgan fingerprint density at radius 2 is 1.71 bits per heavy atom. The zero-order valence-corrected chi connectivity index (χ0v) is 13.3. The molecule has 0 N–H and O–H groups in total. The standard InChI is InChI=1S/C12H10Br2O2S/c1-15-9-6-8(13)10(16-2)5-7(9)11-3-4-12(14)17-11/h3-6H,1-2H3. The second kappa shape index (κ2) is 5.42. The van der Waals surface area contributed by atoms with Gasteiger partial charge in [-0.05, 0) is 56.1 Å². The van der Waals surface area contributed by atoms with Crippen LogP contribution in [0.3, 0.4) is 0 Å². The highest BCUT2D eigenvalue weighted by molar-refractivity contribution is 9.11. The van der Waals surface area contributed by atoms with Crippen molar-refractivity contribution < 1.29 is 9.47 Å². The van der Waals surface area contributed by atoms with Gasteiger partial charge in [0.15, 0.2) is 0 Å². The van der Waals surface area contributed by atoms with Gasteiger partial charge in [-0.15, -0.1) is 11.3 Å². The maximum atomic E-state index is 5.40. The molecule has 0 aliphatic heterocycles. The summed E-state index contributed by atoms with van der Waals surface area (Å²) in [5.74, 6) is 1.62. The van der Waals surface area contributed by atoms with Gasteiger partial charge in [-0.2, -0.15) is 0 Å². The van der Waals surface area contributed by atoms with Crippen molar-refractivity contribution in [3.05, 3.63) is 32.5 Å². The number of hydrogen-bond acceptors (Lipinski definition) is 3. The van der Waals surface area contributed by atoms with Gasteiger partial charge in [0.25, 0.3) is 0 Å². The van der Waals surface area contributed by atoms with E-state index in [-0.39, 0.29) is 0 Å². The third-order valence-electron chi connectivity index (χ3n) is 2.31. The van der Waals surface area contributed by atoms with Crippen molar-refractivity contribution in [3.8, 4) is 21.9 Å². The Hall–Kier alpha value is -0.520. The molecule has 5 heteroatoms. The molecule has 1 aromatic heterocycles. The lowest BCUT2D eigenvalue weighted by Crippen LogP contribution is -1.90. The van der Waals surface area contributed by atoms with E-state index in [4.69, 9.17) is 9.47 Å². The van der Waals surface area contributed by atoms with Gasteiger partial charge in [-0.3, -0.25) is 0 Å². The van der Waals surface area contributed by atoms with Crippen LogP contribution in [-0.2, 0) is 0 Å². The summed E-state index contributed by atoms with van der Waals surface area (Å²) < 4.78 is 12.7. The number of ether oxygens (including phenoxy) is 2. The molecule has 2 aromatic rings. The molecule has 2 rings (SSSR count). The number of hydrogen-bond donors (Lipinski definition) is 0. The van der Waals surface area contributed by atoms with E-state index in [0.717, 1.165) is 30.2 Å². The third kappa shape index (κ3) is 2.67. The first kappa shape index (κ1) is 12.9. The highest BCUT2D eigenvalue weighted by Gasteiger charge is 2.12. The molecule has 90 valence electrons. The largest absolute Gasteiger partial charge is 0.496 e. The zero-order valence-electron chi connectivity index (χ0n) is 9.29. The van der Waals surface area contributed by atoms with Crippen molar-refractivity contribution in [2.45, 2.75) is 0 Å². The van der Waals surface area contributed by atoms with E-state index in [2.05, 4.69) is 37.9 Å². The van der Waals surface area contributed by atoms with Crippen LogP contribution in [0.25, 0.3) is 10.4 Å². The third-order valence-corrected chi connectivity index (χ3v) is 4.59. The minimum Gasteiger partial charge on any atom is -0.496 e. The van der Waals surface area contributed by atoms with E-state index < -0.39 is 0 Å². The van der Waals surface area contributed by atoms with Gasteiger partial charge in [0.05, 0.1) is 22.5 Å². The van der Waals surface area contributed by atoms with Gasteiger partial charge in [0.2, 0.25) is 0 Å². The summed E-state index contributed by atoms with van der Waals surface area (Å²) in [5, 5.41) is 0. The molecule has 0 spiro atoms. The van der Waals surface area contributed by atoms with Gasteiger partial charge in [-0.1, -0.05) is 0 Å². The molecule has 0 saturated heterocycles. The van der Waals surface area contributed by atoms with E-state index in [0.29, 0.717) is 0 Å². The highest BCUT2D eigenvalue weighted by atomic mass is 79.9. The van der Waals surface area contributed by atoms with Crippen LogP contribution in [0.2, 0.25) is 0 Å². The second-order valence-electron chi connectivity index (χ2n) is 3.29. The van der Waals surface area contributed by atoms with Crippen molar-refractivity contribution in [1.82, 2.24) is 0 Å². The molecule has 0 saturated carbocycles. The lowest BCUT2D eigenvalue weighted by atomic mass is 10.1. The van der Waals surface area contributed by atoms with Crippen LogP contribution in [0.15, 0.2) is 32.5 Å². The molecule has 0 aliphatic rings. The van der Waals surface area contributed by atoms with Crippen LogP contribution in [0, 0.1) is 0 Å². The number of rotatable bonds is 3. The molecule has 0 atom stereocenters. The van der Waals surface area contributed by atoms with E-state index in [1.54, 1.807) is 25.6 Å². The Kier molecular flexibility index (Phi) is 4.12. The van der Waals surface area contributed by atoms with E-state index in [1.807, 2.05) is 18.2 Å². The Morgan fingerprint density at radius 3 is 2.24 bits per heavy atom. The van der Waals surface area contributed by atoms with E-state index >= 15 is 0 Å². The van der Waals surface area contributed by atoms with Crippen molar-refractivity contribution in [2.24, 2.45) is 0 Å². The summed E-state index contributed by atoms with van der Waals surface area (Å²) in [6.45, 7) is 0. The molecular formula is C12H10Br2O2S. The lowest BCUT2D eigenvalue weighted by Gasteiger charge is -2.11. The Morgan fingerprint density at radius 1 is 1.00 bits per heavy atom. The number of halogens is 2. The molecule has 0 bridgehead atoms.